The van der Waals surface area contributed by atoms with Crippen molar-refractivity contribution in [2.45, 2.75) is 0 Å². The van der Waals surface area contributed by atoms with Crippen LogP contribution in [0.1, 0.15) is 0 Å². The molecule has 0 bridgehead atoms. The Morgan fingerprint density at radius 2 is 2.57 bits per heavy atom. The molecule has 0 amide bonds. The summed E-state index contributed by atoms with van der Waals surface area (Å²) in [5.74, 6) is 0. The van der Waals surface area contributed by atoms with Gasteiger partial charge in [0.05, 0.1) is 6.21 Å². The monoisotopic (exact) mass is 115 g/mol. The van der Waals surface area contributed by atoms with Gasteiger partial charge in [-0.15, -0.1) is 10.2 Å². The van der Waals surface area contributed by atoms with Gasteiger partial charge < -0.3 is 0 Å². The molecule has 1 heterocycles. The van der Waals surface area contributed by atoms with Gasteiger partial charge in [0, 0.05) is 0 Å². The highest BCUT2D eigenvalue weighted by atomic mass is 32.1. The smallest absolute Gasteiger partial charge is 0.200 e. The van der Waals surface area contributed by atoms with Gasteiger partial charge in [0.25, 0.3) is 0 Å². The van der Waals surface area contributed by atoms with E-state index in [2.05, 4.69) is 15.4 Å². The summed E-state index contributed by atoms with van der Waals surface area (Å²) in [5, 5.41) is 9.81. The molecule has 7 heavy (non-hydrogen) atoms. The Morgan fingerprint density at radius 3 is 2.86 bits per heavy atom. The Balaban J connectivity index is 3.00. The van der Waals surface area contributed by atoms with E-state index in [-0.39, 0.29) is 11.3 Å². The van der Waals surface area contributed by atoms with E-state index >= 15 is 0 Å². The zero-order valence-corrected chi connectivity index (χ0v) is 4.05. The van der Waals surface area contributed by atoms with Gasteiger partial charge in [-0.25, -0.2) is 4.21 Å². The van der Waals surface area contributed by atoms with Crippen LogP contribution in [-0.4, -0.2) is 15.4 Å². The SMILES string of the molecule is O=S=C1C=NN=N1. The average Bonchev–Trinajstić information content (AvgIpc) is 2.14. The molecule has 0 N–H and O–H groups in total. The summed E-state index contributed by atoms with van der Waals surface area (Å²) >= 11 is 0.289. The molecule has 5 heteroatoms. The summed E-state index contributed by atoms with van der Waals surface area (Å²) in [5.41, 5.74) is 0. The molecule has 0 aromatic carbocycles. The molecule has 0 aromatic rings. The summed E-state index contributed by atoms with van der Waals surface area (Å²) in [6.45, 7) is 0. The summed E-state index contributed by atoms with van der Waals surface area (Å²) in [6.07, 6.45) is 1.32. The molecule has 0 aliphatic carbocycles. The van der Waals surface area contributed by atoms with E-state index < -0.39 is 0 Å². The van der Waals surface area contributed by atoms with E-state index in [0.29, 0.717) is 4.99 Å². The first-order valence-corrected chi connectivity index (χ1v) is 2.28. The van der Waals surface area contributed by atoms with Gasteiger partial charge in [0.2, 0.25) is 4.99 Å². The standard InChI is InChI=1S/C2HN3OS/c6-7-2-1-3-5-4-2/h1H. The van der Waals surface area contributed by atoms with Gasteiger partial charge in [-0.3, -0.25) is 0 Å². The number of rotatable bonds is 0. The van der Waals surface area contributed by atoms with E-state index in [1.165, 1.54) is 6.21 Å². The van der Waals surface area contributed by atoms with Crippen molar-refractivity contribution >= 4 is 22.5 Å². The van der Waals surface area contributed by atoms with E-state index in [1.807, 2.05) is 0 Å². The van der Waals surface area contributed by atoms with Crippen molar-refractivity contribution in [2.75, 3.05) is 0 Å². The second kappa shape index (κ2) is 1.74. The van der Waals surface area contributed by atoms with E-state index in [4.69, 9.17) is 0 Å². The molecular weight excluding hydrogens is 114 g/mol. The van der Waals surface area contributed by atoms with Crippen LogP contribution >= 0.6 is 0 Å². The third-order valence-electron chi connectivity index (χ3n) is 0.448. The average molecular weight is 115 g/mol. The molecule has 1 aliphatic rings. The molecule has 1 rings (SSSR count). The van der Waals surface area contributed by atoms with Crippen LogP contribution in [0.2, 0.25) is 0 Å². The molecule has 0 saturated carbocycles. The third-order valence-corrected chi connectivity index (χ3v) is 0.806. The van der Waals surface area contributed by atoms with Gasteiger partial charge in [0.1, 0.15) is 11.3 Å². The molecular formula is C2HN3OS. The number of nitrogens with zero attached hydrogens (tertiary/aromatic N) is 3. The first-order valence-electron chi connectivity index (χ1n) is 1.54. The number of hydrogen-bond donors (Lipinski definition) is 0. The van der Waals surface area contributed by atoms with Gasteiger partial charge in [-0.1, -0.05) is 0 Å². The van der Waals surface area contributed by atoms with Crippen molar-refractivity contribution in [3.05, 3.63) is 0 Å². The highest BCUT2D eigenvalue weighted by Gasteiger charge is 1.92. The van der Waals surface area contributed by atoms with Gasteiger partial charge in [0.15, 0.2) is 0 Å². The Kier molecular flexibility index (Phi) is 1.08. The first kappa shape index (κ1) is 4.32. The highest BCUT2D eigenvalue weighted by molar-refractivity contribution is 7.68. The van der Waals surface area contributed by atoms with Crippen molar-refractivity contribution in [1.29, 1.82) is 0 Å². The fourth-order valence-electron chi connectivity index (χ4n) is 0.209. The fraction of sp³-hybridized carbons (Fsp3) is 0. The zero-order chi connectivity index (χ0) is 5.11. The van der Waals surface area contributed by atoms with Gasteiger partial charge in [-0.2, -0.15) is 0 Å². The second-order valence-electron chi connectivity index (χ2n) is 0.856. The van der Waals surface area contributed by atoms with Crippen LogP contribution in [-0.2, 0) is 11.3 Å². The maximum Gasteiger partial charge on any atom is 0.200 e. The minimum Gasteiger partial charge on any atom is -0.210 e. The minimum atomic E-state index is 0.289. The lowest BCUT2D eigenvalue weighted by Crippen LogP contribution is -1.85. The molecule has 0 spiro atoms. The molecule has 0 atom stereocenters. The van der Waals surface area contributed by atoms with Crippen LogP contribution in [0.4, 0.5) is 0 Å². The maximum absolute atomic E-state index is 9.77. The van der Waals surface area contributed by atoms with Crippen LogP contribution in [0.5, 0.6) is 0 Å². The summed E-state index contributed by atoms with van der Waals surface area (Å²) in [6, 6.07) is 0. The Labute approximate surface area is 43.0 Å². The van der Waals surface area contributed by atoms with Crippen molar-refractivity contribution in [1.82, 2.24) is 0 Å². The van der Waals surface area contributed by atoms with E-state index in [1.54, 1.807) is 0 Å². The predicted molar refractivity (Wildman–Crippen MR) is 26.5 cm³/mol. The van der Waals surface area contributed by atoms with Crippen LogP contribution in [0.3, 0.4) is 0 Å². The second-order valence-corrected chi connectivity index (χ2v) is 1.44. The number of hydrogen-bond acceptors (Lipinski definition) is 3. The van der Waals surface area contributed by atoms with E-state index in [0.717, 1.165) is 0 Å². The van der Waals surface area contributed by atoms with Gasteiger partial charge >= 0.3 is 0 Å². The fourth-order valence-corrected chi connectivity index (χ4v) is 0.369. The Morgan fingerprint density at radius 1 is 1.71 bits per heavy atom. The summed E-state index contributed by atoms with van der Waals surface area (Å²) < 4.78 is 9.77. The van der Waals surface area contributed by atoms with Crippen LogP contribution < -0.4 is 0 Å². The maximum atomic E-state index is 9.77. The normalized spacial score (nSPS) is 15.7. The van der Waals surface area contributed by atoms with Crippen molar-refractivity contribution in [3.63, 3.8) is 0 Å². The molecule has 0 radical (unpaired) electrons. The minimum absolute atomic E-state index is 0.289. The predicted octanol–water partition coefficient (Wildman–Crippen LogP) is -0.219. The van der Waals surface area contributed by atoms with Gasteiger partial charge in [-0.05, 0) is 5.22 Å². The molecule has 0 aromatic heterocycles. The summed E-state index contributed by atoms with van der Waals surface area (Å²) in [7, 11) is 0. The molecule has 4 nitrogen and oxygen atoms in total. The molecule has 0 fully saturated rings. The van der Waals surface area contributed by atoms with Crippen molar-refractivity contribution in [3.8, 4) is 0 Å². The molecule has 1 aliphatic heterocycles. The summed E-state index contributed by atoms with van der Waals surface area (Å²) in [4.78, 5) is 0.319. The lowest BCUT2D eigenvalue weighted by Gasteiger charge is -1.61. The zero-order valence-electron chi connectivity index (χ0n) is 3.24. The van der Waals surface area contributed by atoms with E-state index in [9.17, 15) is 4.21 Å². The molecule has 0 unspecified atom stereocenters. The Hall–Kier alpha value is -0.840. The van der Waals surface area contributed by atoms with Crippen molar-refractivity contribution in [2.24, 2.45) is 15.4 Å². The molecule has 0 saturated heterocycles. The lowest BCUT2D eigenvalue weighted by atomic mass is 10.8. The van der Waals surface area contributed by atoms with Crippen LogP contribution in [0.25, 0.3) is 0 Å². The first-order chi connectivity index (χ1) is 3.43. The van der Waals surface area contributed by atoms with Crippen molar-refractivity contribution < 1.29 is 4.21 Å². The largest absolute Gasteiger partial charge is 0.210 e. The van der Waals surface area contributed by atoms with Crippen LogP contribution in [0.15, 0.2) is 15.4 Å². The third kappa shape index (κ3) is 0.774. The highest BCUT2D eigenvalue weighted by Crippen LogP contribution is 1.85. The lowest BCUT2D eigenvalue weighted by molar-refractivity contribution is 0.701. The van der Waals surface area contributed by atoms with Crippen LogP contribution in [0, 0.1) is 0 Å². The topological polar surface area (TPSA) is 54.1 Å². The quantitative estimate of drug-likeness (QED) is 0.403. The molecule has 36 valence electrons. The Bertz CT molecular complexity index is 163.